The molecular weight excluding hydrogens is 396 g/mol. The summed E-state index contributed by atoms with van der Waals surface area (Å²) >= 11 is 6.15. The zero-order valence-corrected chi connectivity index (χ0v) is 18.1. The van der Waals surface area contributed by atoms with E-state index in [9.17, 15) is 13.2 Å². The zero-order valence-electron chi connectivity index (χ0n) is 16.6. The highest BCUT2D eigenvalue weighted by Crippen LogP contribution is 2.28. The minimum atomic E-state index is -3.48. The second kappa shape index (κ2) is 9.94. The third-order valence-corrected chi connectivity index (χ3v) is 6.20. The van der Waals surface area contributed by atoms with Crippen molar-refractivity contribution in [2.24, 2.45) is 0 Å². The third-order valence-electron chi connectivity index (χ3n) is 4.61. The summed E-state index contributed by atoms with van der Waals surface area (Å²) in [7, 11) is -3.48. The lowest BCUT2D eigenvalue weighted by Crippen LogP contribution is -2.34. The Morgan fingerprint density at radius 3 is 2.36 bits per heavy atom. The Kier molecular flexibility index (Phi) is 7.89. The number of amides is 1. The topological polar surface area (TPSA) is 57.7 Å². The molecule has 2 aromatic rings. The first-order valence-electron chi connectivity index (χ1n) is 9.28. The fraction of sp³-hybridized carbons (Fsp3) is 0.381. The summed E-state index contributed by atoms with van der Waals surface area (Å²) in [5.41, 5.74) is 2.34. The predicted molar refractivity (Wildman–Crippen MR) is 115 cm³/mol. The van der Waals surface area contributed by atoms with E-state index in [-0.39, 0.29) is 18.9 Å². The quantitative estimate of drug-likeness (QED) is 0.607. The number of carbonyl (C=O) groups is 1. The lowest BCUT2D eigenvalue weighted by Gasteiger charge is -2.25. The van der Waals surface area contributed by atoms with Crippen LogP contribution in [0.5, 0.6) is 0 Å². The number of sulfonamides is 1. The summed E-state index contributed by atoms with van der Waals surface area (Å²) in [5.74, 6) is 0.0163. The summed E-state index contributed by atoms with van der Waals surface area (Å²) in [6, 6.07) is 15.0. The van der Waals surface area contributed by atoms with E-state index >= 15 is 0 Å². The van der Waals surface area contributed by atoms with Crippen LogP contribution in [0.3, 0.4) is 0 Å². The van der Waals surface area contributed by atoms with Crippen LogP contribution in [-0.4, -0.2) is 38.6 Å². The highest BCUT2D eigenvalue weighted by Gasteiger charge is 2.21. The molecule has 152 valence electrons. The van der Waals surface area contributed by atoms with Crippen LogP contribution in [0.15, 0.2) is 48.5 Å². The van der Waals surface area contributed by atoms with Gasteiger partial charge in [-0.05, 0) is 43.5 Å². The number of hydrogen-bond donors (Lipinski definition) is 0. The van der Waals surface area contributed by atoms with Gasteiger partial charge in [0.05, 0.1) is 11.9 Å². The van der Waals surface area contributed by atoms with Gasteiger partial charge in [0.1, 0.15) is 0 Å². The van der Waals surface area contributed by atoms with Gasteiger partial charge >= 0.3 is 0 Å². The van der Waals surface area contributed by atoms with E-state index in [1.165, 1.54) is 10.6 Å². The first-order valence-corrected chi connectivity index (χ1v) is 11.5. The van der Waals surface area contributed by atoms with E-state index in [2.05, 4.69) is 0 Å². The normalized spacial score (nSPS) is 11.3. The van der Waals surface area contributed by atoms with Crippen molar-refractivity contribution in [1.82, 2.24) is 4.90 Å². The number of anilines is 1. The van der Waals surface area contributed by atoms with Crippen molar-refractivity contribution < 1.29 is 13.2 Å². The molecular formula is C21H27ClN2O3S. The molecule has 0 aliphatic rings. The molecule has 2 rings (SSSR count). The van der Waals surface area contributed by atoms with Crippen molar-refractivity contribution in [3.63, 3.8) is 0 Å². The number of carbonyl (C=O) groups excluding carboxylic acids is 1. The Labute approximate surface area is 173 Å². The van der Waals surface area contributed by atoms with Crippen molar-refractivity contribution in [3.8, 4) is 0 Å². The fourth-order valence-corrected chi connectivity index (χ4v) is 4.23. The molecule has 0 aliphatic carbocycles. The molecule has 28 heavy (non-hydrogen) atoms. The Morgan fingerprint density at radius 1 is 1.07 bits per heavy atom. The molecule has 0 fully saturated rings. The summed E-state index contributed by atoms with van der Waals surface area (Å²) in [6.45, 7) is 5.13. The monoisotopic (exact) mass is 422 g/mol. The van der Waals surface area contributed by atoms with E-state index in [1.807, 2.05) is 37.3 Å². The first kappa shape index (κ1) is 22.2. The molecule has 7 heteroatoms. The van der Waals surface area contributed by atoms with Gasteiger partial charge in [-0.15, -0.1) is 0 Å². The van der Waals surface area contributed by atoms with Crippen molar-refractivity contribution in [1.29, 1.82) is 0 Å². The lowest BCUT2D eigenvalue weighted by atomic mass is 10.2. The SMILES string of the molecule is CCN(Cc1ccccc1)C(=O)CCCN(c1cccc(Cl)c1C)S(C)(=O)=O. The molecule has 0 aromatic heterocycles. The average Bonchev–Trinajstić information content (AvgIpc) is 2.65. The number of nitrogens with zero attached hydrogens (tertiary/aromatic N) is 2. The van der Waals surface area contributed by atoms with Crippen LogP contribution in [-0.2, 0) is 21.4 Å². The molecule has 0 atom stereocenters. The highest BCUT2D eigenvalue weighted by molar-refractivity contribution is 7.92. The smallest absolute Gasteiger partial charge is 0.232 e. The minimum absolute atomic E-state index is 0.0163. The van der Waals surface area contributed by atoms with Gasteiger partial charge in [-0.25, -0.2) is 8.42 Å². The van der Waals surface area contributed by atoms with Gasteiger partial charge in [0.25, 0.3) is 0 Å². The highest BCUT2D eigenvalue weighted by atomic mass is 35.5. The molecule has 1 amide bonds. The van der Waals surface area contributed by atoms with Crippen LogP contribution >= 0.6 is 11.6 Å². The summed E-state index contributed by atoms with van der Waals surface area (Å²) in [4.78, 5) is 14.4. The van der Waals surface area contributed by atoms with Crippen molar-refractivity contribution in [3.05, 3.63) is 64.7 Å². The number of rotatable bonds is 9. The van der Waals surface area contributed by atoms with Gasteiger partial charge in [0.15, 0.2) is 0 Å². The van der Waals surface area contributed by atoms with Crippen molar-refractivity contribution >= 4 is 33.2 Å². The van der Waals surface area contributed by atoms with Gasteiger partial charge in [-0.2, -0.15) is 0 Å². The van der Waals surface area contributed by atoms with Gasteiger partial charge in [-0.1, -0.05) is 48.0 Å². The zero-order chi connectivity index (χ0) is 20.7. The summed E-state index contributed by atoms with van der Waals surface area (Å²) in [6.07, 6.45) is 1.89. The van der Waals surface area contributed by atoms with Crippen LogP contribution in [0.2, 0.25) is 5.02 Å². The third kappa shape index (κ3) is 5.97. The maximum atomic E-state index is 12.6. The van der Waals surface area contributed by atoms with E-state index < -0.39 is 10.0 Å². The predicted octanol–water partition coefficient (Wildman–Crippen LogP) is 4.24. The number of benzene rings is 2. The number of halogens is 1. The Hall–Kier alpha value is -2.05. The molecule has 0 spiro atoms. The van der Waals surface area contributed by atoms with Gasteiger partial charge < -0.3 is 4.90 Å². The Bertz CT molecular complexity index is 901. The maximum absolute atomic E-state index is 12.6. The van der Waals surface area contributed by atoms with E-state index in [1.54, 1.807) is 30.0 Å². The summed E-state index contributed by atoms with van der Waals surface area (Å²) < 4.78 is 25.9. The molecule has 0 bridgehead atoms. The Morgan fingerprint density at radius 2 is 1.75 bits per heavy atom. The summed E-state index contributed by atoms with van der Waals surface area (Å²) in [5, 5.41) is 0.516. The van der Waals surface area contributed by atoms with Crippen LogP contribution in [0.25, 0.3) is 0 Å². The van der Waals surface area contributed by atoms with Crippen LogP contribution in [0, 0.1) is 6.92 Å². The van der Waals surface area contributed by atoms with Crippen molar-refractivity contribution in [2.75, 3.05) is 23.7 Å². The number of hydrogen-bond acceptors (Lipinski definition) is 3. The average molecular weight is 423 g/mol. The molecule has 2 aromatic carbocycles. The van der Waals surface area contributed by atoms with Gasteiger partial charge in [-0.3, -0.25) is 9.10 Å². The largest absolute Gasteiger partial charge is 0.339 e. The minimum Gasteiger partial charge on any atom is -0.339 e. The fourth-order valence-electron chi connectivity index (χ4n) is 3.04. The second-order valence-corrected chi connectivity index (χ2v) is 9.03. The van der Waals surface area contributed by atoms with Gasteiger partial charge in [0.2, 0.25) is 15.9 Å². The van der Waals surface area contributed by atoms with Gasteiger partial charge in [0, 0.05) is 31.1 Å². The lowest BCUT2D eigenvalue weighted by molar-refractivity contribution is -0.131. The Balaban J connectivity index is 2.03. The van der Waals surface area contributed by atoms with E-state index in [4.69, 9.17) is 11.6 Å². The van der Waals surface area contributed by atoms with Crippen LogP contribution < -0.4 is 4.31 Å². The first-order chi connectivity index (χ1) is 13.2. The molecule has 0 radical (unpaired) electrons. The molecule has 0 heterocycles. The second-order valence-electron chi connectivity index (χ2n) is 6.72. The molecule has 5 nitrogen and oxygen atoms in total. The van der Waals surface area contributed by atoms with Crippen LogP contribution in [0.1, 0.15) is 30.9 Å². The molecule has 0 N–H and O–H groups in total. The van der Waals surface area contributed by atoms with E-state index in [0.717, 1.165) is 5.56 Å². The molecule has 0 unspecified atom stereocenters. The molecule has 0 saturated carbocycles. The van der Waals surface area contributed by atoms with Crippen LogP contribution in [0.4, 0.5) is 5.69 Å². The van der Waals surface area contributed by atoms with Crippen molar-refractivity contribution in [2.45, 2.75) is 33.2 Å². The van der Waals surface area contributed by atoms with E-state index in [0.29, 0.717) is 35.8 Å². The standard InChI is InChI=1S/C21H27ClN2O3S/c1-4-23(16-18-10-6-5-7-11-18)21(25)14-9-15-24(28(3,26)27)20-13-8-12-19(22)17(20)2/h5-8,10-13H,4,9,14-16H2,1-3H3. The molecule has 0 saturated heterocycles. The molecule has 0 aliphatic heterocycles. The maximum Gasteiger partial charge on any atom is 0.232 e.